The molecule has 0 radical (unpaired) electrons. The highest BCUT2D eigenvalue weighted by molar-refractivity contribution is 5.97. The number of hydrogen-bond acceptors (Lipinski definition) is 6. The van der Waals surface area contributed by atoms with Crippen molar-refractivity contribution in [2.75, 3.05) is 20.3 Å². The normalized spacial score (nSPS) is 10.6. The molecule has 6 nitrogen and oxygen atoms in total. The smallest absolute Gasteiger partial charge is 0.344 e. The van der Waals surface area contributed by atoms with Gasteiger partial charge >= 0.3 is 11.9 Å². The molecule has 0 aliphatic heterocycles. The van der Waals surface area contributed by atoms with Crippen molar-refractivity contribution in [1.82, 2.24) is 4.98 Å². The molecule has 0 N–H and O–H groups in total. The van der Waals surface area contributed by atoms with E-state index in [2.05, 4.69) is 4.98 Å². The Hall–Kier alpha value is -2.63. The fourth-order valence-electron chi connectivity index (χ4n) is 1.94. The van der Waals surface area contributed by atoms with Crippen LogP contribution in [-0.4, -0.2) is 37.2 Å². The number of fused-ring (bicyclic) bond motifs is 1. The van der Waals surface area contributed by atoms with Crippen LogP contribution in [-0.2, 0) is 14.3 Å². The quantitative estimate of drug-likeness (QED) is 0.762. The maximum Gasteiger partial charge on any atom is 0.344 e. The molecule has 6 heteroatoms. The van der Waals surface area contributed by atoms with E-state index in [4.69, 9.17) is 14.2 Å². The second kappa shape index (κ2) is 7.58. The van der Waals surface area contributed by atoms with Gasteiger partial charge in [0.15, 0.2) is 6.61 Å². The summed E-state index contributed by atoms with van der Waals surface area (Å²) in [4.78, 5) is 27.6. The van der Waals surface area contributed by atoms with E-state index in [1.165, 1.54) is 13.2 Å². The predicted molar refractivity (Wildman–Crippen MR) is 84.4 cm³/mol. The molecule has 1 heterocycles. The van der Waals surface area contributed by atoms with Gasteiger partial charge in [-0.2, -0.15) is 0 Å². The maximum atomic E-state index is 11.7. The summed E-state index contributed by atoms with van der Waals surface area (Å²) in [5.41, 5.74) is 0.898. The summed E-state index contributed by atoms with van der Waals surface area (Å²) in [6.45, 7) is 3.99. The molecule has 1 aromatic heterocycles. The number of methoxy groups -OCH3 is 1. The Morgan fingerprint density at radius 3 is 2.74 bits per heavy atom. The molecule has 0 fully saturated rings. The highest BCUT2D eigenvalue weighted by Gasteiger charge is 2.14. The molecular formula is C17H19NO5. The molecule has 0 unspecified atom stereocenters. The third-order valence-corrected chi connectivity index (χ3v) is 3.01. The lowest BCUT2D eigenvalue weighted by atomic mass is 10.1. The van der Waals surface area contributed by atoms with Gasteiger partial charge in [-0.05, 0) is 24.1 Å². The van der Waals surface area contributed by atoms with E-state index in [-0.39, 0.29) is 12.5 Å². The molecular weight excluding hydrogens is 298 g/mol. The molecule has 2 aromatic rings. The van der Waals surface area contributed by atoms with Gasteiger partial charge in [0, 0.05) is 11.6 Å². The van der Waals surface area contributed by atoms with Crippen molar-refractivity contribution >= 4 is 22.8 Å². The first kappa shape index (κ1) is 16.7. The summed E-state index contributed by atoms with van der Waals surface area (Å²) in [5, 5.41) is 0.723. The molecule has 122 valence electrons. The first-order valence-corrected chi connectivity index (χ1v) is 7.26. The largest absolute Gasteiger partial charge is 0.480 e. The van der Waals surface area contributed by atoms with E-state index < -0.39 is 11.9 Å². The molecule has 0 aliphatic rings. The first-order chi connectivity index (χ1) is 11.0. The number of benzene rings is 1. The summed E-state index contributed by atoms with van der Waals surface area (Å²) >= 11 is 0. The lowest BCUT2D eigenvalue weighted by molar-refractivity contribution is -0.147. The highest BCUT2D eigenvalue weighted by atomic mass is 16.6. The number of rotatable bonds is 6. The van der Waals surface area contributed by atoms with Crippen molar-refractivity contribution in [3.8, 4) is 5.75 Å². The van der Waals surface area contributed by atoms with E-state index in [0.29, 0.717) is 23.4 Å². The molecule has 0 atom stereocenters. The SMILES string of the molecule is COC(=O)c1cc(OCC(=O)OCC(C)C)c2ncccc2c1. The summed E-state index contributed by atoms with van der Waals surface area (Å²) in [7, 11) is 1.31. The van der Waals surface area contributed by atoms with E-state index in [0.717, 1.165) is 5.39 Å². The van der Waals surface area contributed by atoms with Crippen LogP contribution < -0.4 is 4.74 Å². The van der Waals surface area contributed by atoms with Gasteiger partial charge in [0.2, 0.25) is 0 Å². The monoisotopic (exact) mass is 317 g/mol. The van der Waals surface area contributed by atoms with Gasteiger partial charge in [0.1, 0.15) is 11.3 Å². The number of esters is 2. The highest BCUT2D eigenvalue weighted by Crippen LogP contribution is 2.26. The van der Waals surface area contributed by atoms with Crippen LogP contribution in [0.4, 0.5) is 0 Å². The van der Waals surface area contributed by atoms with Crippen LogP contribution in [0.5, 0.6) is 5.75 Å². The molecule has 0 amide bonds. The Labute approximate surface area is 134 Å². The molecule has 1 aromatic carbocycles. The molecule has 23 heavy (non-hydrogen) atoms. The van der Waals surface area contributed by atoms with Crippen molar-refractivity contribution in [2.24, 2.45) is 5.92 Å². The lowest BCUT2D eigenvalue weighted by Gasteiger charge is -2.11. The second-order valence-corrected chi connectivity index (χ2v) is 5.41. The van der Waals surface area contributed by atoms with Crippen molar-refractivity contribution in [2.45, 2.75) is 13.8 Å². The van der Waals surface area contributed by atoms with Crippen LogP contribution in [0.2, 0.25) is 0 Å². The number of hydrogen-bond donors (Lipinski definition) is 0. The third kappa shape index (κ3) is 4.42. The molecule has 0 bridgehead atoms. The molecule has 2 rings (SSSR count). The lowest BCUT2D eigenvalue weighted by Crippen LogP contribution is -2.17. The molecule has 0 saturated heterocycles. The van der Waals surface area contributed by atoms with Crippen LogP contribution in [0.15, 0.2) is 30.5 Å². The van der Waals surface area contributed by atoms with Crippen molar-refractivity contribution in [3.05, 3.63) is 36.0 Å². The van der Waals surface area contributed by atoms with E-state index in [1.54, 1.807) is 24.4 Å². The van der Waals surface area contributed by atoms with Crippen LogP contribution >= 0.6 is 0 Å². The summed E-state index contributed by atoms with van der Waals surface area (Å²) < 4.78 is 15.3. The van der Waals surface area contributed by atoms with Crippen LogP contribution in [0, 0.1) is 5.92 Å². The molecule has 0 saturated carbocycles. The van der Waals surface area contributed by atoms with Crippen molar-refractivity contribution in [1.29, 1.82) is 0 Å². The van der Waals surface area contributed by atoms with Crippen molar-refractivity contribution in [3.63, 3.8) is 0 Å². The fourth-order valence-corrected chi connectivity index (χ4v) is 1.94. The van der Waals surface area contributed by atoms with Crippen LogP contribution in [0.1, 0.15) is 24.2 Å². The van der Waals surface area contributed by atoms with Gasteiger partial charge in [-0.1, -0.05) is 19.9 Å². The number of aromatic nitrogens is 1. The Balaban J connectivity index is 2.21. The second-order valence-electron chi connectivity index (χ2n) is 5.41. The van der Waals surface area contributed by atoms with E-state index in [9.17, 15) is 9.59 Å². The Morgan fingerprint density at radius 1 is 1.26 bits per heavy atom. The van der Waals surface area contributed by atoms with Gasteiger partial charge in [-0.15, -0.1) is 0 Å². The van der Waals surface area contributed by atoms with Gasteiger partial charge in [-0.3, -0.25) is 4.98 Å². The summed E-state index contributed by atoms with van der Waals surface area (Å²) in [5.74, 6) is -0.358. The Morgan fingerprint density at radius 2 is 2.04 bits per heavy atom. The summed E-state index contributed by atoms with van der Waals surface area (Å²) in [6, 6.07) is 6.73. The van der Waals surface area contributed by atoms with E-state index in [1.807, 2.05) is 13.8 Å². The molecule has 0 spiro atoms. The zero-order valence-electron chi connectivity index (χ0n) is 13.4. The minimum Gasteiger partial charge on any atom is -0.480 e. The fraction of sp³-hybridized carbons (Fsp3) is 0.353. The average molecular weight is 317 g/mol. The summed E-state index contributed by atoms with van der Waals surface area (Å²) in [6.07, 6.45) is 1.62. The third-order valence-electron chi connectivity index (χ3n) is 3.01. The Bertz CT molecular complexity index is 711. The van der Waals surface area contributed by atoms with Gasteiger partial charge in [0.25, 0.3) is 0 Å². The number of pyridine rings is 1. The number of carbonyl (C=O) groups excluding carboxylic acids is 2. The van der Waals surface area contributed by atoms with Crippen molar-refractivity contribution < 1.29 is 23.8 Å². The number of ether oxygens (including phenoxy) is 3. The average Bonchev–Trinajstić information content (AvgIpc) is 2.56. The van der Waals surface area contributed by atoms with Crippen LogP contribution in [0.25, 0.3) is 10.9 Å². The van der Waals surface area contributed by atoms with Crippen LogP contribution in [0.3, 0.4) is 0 Å². The standard InChI is InChI=1S/C17H19NO5/c1-11(2)9-23-15(19)10-22-14-8-13(17(20)21-3)7-12-5-4-6-18-16(12)14/h4-8,11H,9-10H2,1-3H3. The number of nitrogens with zero attached hydrogens (tertiary/aromatic N) is 1. The minimum atomic E-state index is -0.483. The zero-order chi connectivity index (χ0) is 16.8. The predicted octanol–water partition coefficient (Wildman–Crippen LogP) is 2.60. The van der Waals surface area contributed by atoms with Gasteiger partial charge < -0.3 is 14.2 Å². The molecule has 0 aliphatic carbocycles. The topological polar surface area (TPSA) is 74.7 Å². The van der Waals surface area contributed by atoms with Gasteiger partial charge in [0.05, 0.1) is 19.3 Å². The zero-order valence-corrected chi connectivity index (χ0v) is 13.4. The van der Waals surface area contributed by atoms with E-state index >= 15 is 0 Å². The Kier molecular flexibility index (Phi) is 5.51. The maximum absolute atomic E-state index is 11.7. The first-order valence-electron chi connectivity index (χ1n) is 7.26. The minimum absolute atomic E-state index is 0.247. The van der Waals surface area contributed by atoms with Gasteiger partial charge in [-0.25, -0.2) is 9.59 Å². The number of carbonyl (C=O) groups is 2.